The zero-order chi connectivity index (χ0) is 21.3. The quantitative estimate of drug-likeness (QED) is 0.526. The molecule has 0 spiro atoms. The van der Waals surface area contributed by atoms with Crippen molar-refractivity contribution in [2.45, 2.75) is 31.7 Å². The van der Waals surface area contributed by atoms with Crippen LogP contribution in [0.15, 0.2) is 24.3 Å². The van der Waals surface area contributed by atoms with Crippen molar-refractivity contribution in [2.75, 3.05) is 45.9 Å². The minimum absolute atomic E-state index is 0.0203. The van der Waals surface area contributed by atoms with Crippen LogP contribution in [0.3, 0.4) is 0 Å². The van der Waals surface area contributed by atoms with Crippen LogP contribution in [0.1, 0.15) is 31.2 Å². The number of halogens is 2. The van der Waals surface area contributed by atoms with Gasteiger partial charge in [0.2, 0.25) is 11.8 Å². The van der Waals surface area contributed by atoms with Crippen LogP contribution in [0.5, 0.6) is 0 Å². The summed E-state index contributed by atoms with van der Waals surface area (Å²) >= 11 is 5.77. The first kappa shape index (κ1) is 22.7. The Morgan fingerprint density at radius 1 is 1.27 bits per heavy atom. The molecule has 164 valence electrons. The highest BCUT2D eigenvalue weighted by Gasteiger charge is 2.22. The molecular weight excluding hydrogens is 409 g/mol. The van der Waals surface area contributed by atoms with Crippen LogP contribution >= 0.6 is 11.6 Å². The summed E-state index contributed by atoms with van der Waals surface area (Å²) in [6.07, 6.45) is 6.36. The first-order chi connectivity index (χ1) is 14.5. The summed E-state index contributed by atoms with van der Waals surface area (Å²) in [6, 6.07) is 4.82. The van der Waals surface area contributed by atoms with E-state index in [9.17, 15) is 14.0 Å². The molecule has 1 aromatic rings. The van der Waals surface area contributed by atoms with Gasteiger partial charge in [-0.25, -0.2) is 4.39 Å². The predicted octanol–water partition coefficient (Wildman–Crippen LogP) is 2.71. The molecule has 6 nitrogen and oxygen atoms in total. The number of carbonyl (C=O) groups is 2. The molecule has 2 heterocycles. The standard InChI is InChI=1S/C22H29ClFN3O3/c23-19-16-17(2-4-20(19)24)3-5-21(28)27-11-6-22(29)26(12-13-27)10-1-9-25-18-7-14-30-15-8-18/h2-5,16,18,25H,1,6-15H2/b5-3+. The van der Waals surface area contributed by atoms with E-state index >= 15 is 0 Å². The molecule has 2 fully saturated rings. The highest BCUT2D eigenvalue weighted by molar-refractivity contribution is 6.30. The lowest BCUT2D eigenvalue weighted by molar-refractivity contribution is -0.130. The highest BCUT2D eigenvalue weighted by Crippen LogP contribution is 2.17. The van der Waals surface area contributed by atoms with Crippen LogP contribution in [-0.2, 0) is 14.3 Å². The fourth-order valence-corrected chi connectivity index (χ4v) is 3.88. The van der Waals surface area contributed by atoms with E-state index in [4.69, 9.17) is 16.3 Å². The number of hydrogen-bond donors (Lipinski definition) is 1. The molecule has 2 saturated heterocycles. The van der Waals surface area contributed by atoms with Gasteiger partial charge in [0.1, 0.15) is 5.82 Å². The van der Waals surface area contributed by atoms with E-state index in [1.54, 1.807) is 17.0 Å². The van der Waals surface area contributed by atoms with Gasteiger partial charge in [-0.15, -0.1) is 0 Å². The van der Waals surface area contributed by atoms with E-state index in [1.165, 1.54) is 18.2 Å². The van der Waals surface area contributed by atoms with E-state index in [2.05, 4.69) is 5.32 Å². The molecule has 0 atom stereocenters. The van der Waals surface area contributed by atoms with Gasteiger partial charge in [0.25, 0.3) is 0 Å². The number of rotatable bonds is 7. The molecule has 0 aliphatic carbocycles. The smallest absolute Gasteiger partial charge is 0.246 e. The van der Waals surface area contributed by atoms with Crippen molar-refractivity contribution in [3.63, 3.8) is 0 Å². The Morgan fingerprint density at radius 3 is 2.83 bits per heavy atom. The number of amides is 2. The Labute approximate surface area is 182 Å². The molecule has 0 aromatic heterocycles. The summed E-state index contributed by atoms with van der Waals surface area (Å²) in [5, 5.41) is 3.55. The van der Waals surface area contributed by atoms with E-state index in [0.717, 1.165) is 39.0 Å². The van der Waals surface area contributed by atoms with E-state index in [1.807, 2.05) is 4.90 Å². The maximum absolute atomic E-state index is 13.2. The van der Waals surface area contributed by atoms with Gasteiger partial charge >= 0.3 is 0 Å². The van der Waals surface area contributed by atoms with Crippen LogP contribution in [-0.4, -0.2) is 73.6 Å². The van der Waals surface area contributed by atoms with Crippen LogP contribution in [0.4, 0.5) is 4.39 Å². The van der Waals surface area contributed by atoms with Gasteiger partial charge < -0.3 is 19.9 Å². The highest BCUT2D eigenvalue weighted by atomic mass is 35.5. The second kappa shape index (κ2) is 11.4. The number of carbonyl (C=O) groups excluding carboxylic acids is 2. The number of nitrogens with zero attached hydrogens (tertiary/aromatic N) is 2. The Bertz CT molecular complexity index is 768. The van der Waals surface area contributed by atoms with Crippen LogP contribution < -0.4 is 5.32 Å². The average molecular weight is 438 g/mol. The maximum atomic E-state index is 13.2. The van der Waals surface area contributed by atoms with E-state index < -0.39 is 5.82 Å². The summed E-state index contributed by atoms with van der Waals surface area (Å²) in [4.78, 5) is 28.4. The molecule has 1 aromatic carbocycles. The summed E-state index contributed by atoms with van der Waals surface area (Å²) < 4.78 is 18.6. The Morgan fingerprint density at radius 2 is 2.07 bits per heavy atom. The maximum Gasteiger partial charge on any atom is 0.246 e. The Balaban J connectivity index is 1.43. The molecule has 0 unspecified atom stereocenters. The van der Waals surface area contributed by atoms with Crippen LogP contribution in [0, 0.1) is 5.82 Å². The lowest BCUT2D eigenvalue weighted by Gasteiger charge is -2.25. The number of ether oxygens (including phenoxy) is 1. The van der Waals surface area contributed by atoms with Crippen LogP contribution in [0.2, 0.25) is 5.02 Å². The zero-order valence-corrected chi connectivity index (χ0v) is 17.9. The van der Waals surface area contributed by atoms with Gasteiger partial charge in [-0.3, -0.25) is 9.59 Å². The van der Waals surface area contributed by atoms with Crippen molar-refractivity contribution < 1.29 is 18.7 Å². The lowest BCUT2D eigenvalue weighted by atomic mass is 10.1. The third-order valence-corrected chi connectivity index (χ3v) is 5.81. The first-order valence-electron chi connectivity index (χ1n) is 10.5. The van der Waals surface area contributed by atoms with Crippen molar-refractivity contribution in [1.29, 1.82) is 0 Å². The molecule has 2 amide bonds. The minimum atomic E-state index is -0.491. The normalized spacial score (nSPS) is 18.8. The summed E-state index contributed by atoms with van der Waals surface area (Å²) in [5.74, 6) is -0.564. The third kappa shape index (κ3) is 6.79. The topological polar surface area (TPSA) is 61.9 Å². The second-order valence-electron chi connectivity index (χ2n) is 7.66. The van der Waals surface area contributed by atoms with Crippen molar-refractivity contribution in [2.24, 2.45) is 0 Å². The fraction of sp³-hybridized carbons (Fsp3) is 0.545. The molecule has 2 aliphatic heterocycles. The molecule has 1 N–H and O–H groups in total. The largest absolute Gasteiger partial charge is 0.381 e. The number of nitrogens with one attached hydrogen (secondary N) is 1. The van der Waals surface area contributed by atoms with Crippen molar-refractivity contribution >= 4 is 29.5 Å². The van der Waals surface area contributed by atoms with Gasteiger partial charge in [-0.05, 0) is 49.6 Å². The first-order valence-corrected chi connectivity index (χ1v) is 10.9. The van der Waals surface area contributed by atoms with Gasteiger partial charge in [0.05, 0.1) is 5.02 Å². The Hall–Kier alpha value is -1.96. The van der Waals surface area contributed by atoms with Crippen LogP contribution in [0.25, 0.3) is 6.08 Å². The van der Waals surface area contributed by atoms with Crippen molar-refractivity contribution in [3.05, 3.63) is 40.7 Å². The molecule has 0 saturated carbocycles. The predicted molar refractivity (Wildman–Crippen MR) is 115 cm³/mol. The summed E-state index contributed by atoms with van der Waals surface area (Å²) in [5.41, 5.74) is 0.652. The molecular formula is C22H29ClFN3O3. The van der Waals surface area contributed by atoms with Gasteiger partial charge in [0.15, 0.2) is 0 Å². The average Bonchev–Trinajstić information content (AvgIpc) is 2.94. The molecule has 8 heteroatoms. The molecule has 0 bridgehead atoms. The minimum Gasteiger partial charge on any atom is -0.381 e. The third-order valence-electron chi connectivity index (χ3n) is 5.52. The summed E-state index contributed by atoms with van der Waals surface area (Å²) in [6.45, 7) is 4.65. The second-order valence-corrected chi connectivity index (χ2v) is 8.06. The van der Waals surface area contributed by atoms with E-state index in [-0.39, 0.29) is 16.8 Å². The molecule has 0 radical (unpaired) electrons. The molecule has 2 aliphatic rings. The summed E-state index contributed by atoms with van der Waals surface area (Å²) in [7, 11) is 0. The van der Waals surface area contributed by atoms with Gasteiger partial charge in [0, 0.05) is 57.9 Å². The molecule has 30 heavy (non-hydrogen) atoms. The number of benzene rings is 1. The van der Waals surface area contributed by atoms with Crippen molar-refractivity contribution in [3.8, 4) is 0 Å². The SMILES string of the molecule is O=C(/C=C/c1ccc(F)c(Cl)c1)N1CCC(=O)N(CCCNC2CCOCC2)CC1. The fourth-order valence-electron chi connectivity index (χ4n) is 3.69. The van der Waals surface area contributed by atoms with Gasteiger partial charge in [-0.2, -0.15) is 0 Å². The lowest BCUT2D eigenvalue weighted by Crippen LogP contribution is -2.38. The van der Waals surface area contributed by atoms with Crippen molar-refractivity contribution in [1.82, 2.24) is 15.1 Å². The van der Waals surface area contributed by atoms with E-state index in [0.29, 0.717) is 44.2 Å². The zero-order valence-electron chi connectivity index (χ0n) is 17.1. The molecule has 3 rings (SSSR count). The number of hydrogen-bond acceptors (Lipinski definition) is 4. The monoisotopic (exact) mass is 437 g/mol. The van der Waals surface area contributed by atoms with Gasteiger partial charge in [-0.1, -0.05) is 17.7 Å². The Kier molecular flexibility index (Phi) is 8.66.